The van der Waals surface area contributed by atoms with Crippen LogP contribution in [-0.2, 0) is 4.74 Å². The summed E-state index contributed by atoms with van der Waals surface area (Å²) in [4.78, 5) is 27.8. The molecule has 0 aliphatic rings. The highest BCUT2D eigenvalue weighted by Crippen LogP contribution is 2.39. The van der Waals surface area contributed by atoms with Crippen LogP contribution >= 0.6 is 23.1 Å². The molecule has 240 valence electrons. The summed E-state index contributed by atoms with van der Waals surface area (Å²) in [5.74, 6) is 0.103. The van der Waals surface area contributed by atoms with Gasteiger partial charge in [-0.2, -0.15) is 8.75 Å². The fourth-order valence-corrected chi connectivity index (χ4v) is 5.56. The van der Waals surface area contributed by atoms with E-state index in [-0.39, 0.29) is 17.2 Å². The zero-order chi connectivity index (χ0) is 33.5. The Morgan fingerprint density at radius 2 is 1.44 bits per heavy atom. The minimum absolute atomic E-state index is 0.108. The monoisotopic (exact) mass is 680 g/mol. The lowest BCUT2D eigenvalue weighted by molar-refractivity contribution is 0.187. The summed E-state index contributed by atoms with van der Waals surface area (Å²) in [6, 6.07) is 13.5. The van der Waals surface area contributed by atoms with Gasteiger partial charge in [0.1, 0.15) is 22.5 Å². The van der Waals surface area contributed by atoms with E-state index in [1.807, 2.05) is 25.1 Å². The second-order valence-corrected chi connectivity index (χ2v) is 11.0. The van der Waals surface area contributed by atoms with Crippen LogP contribution in [0.1, 0.15) is 6.92 Å². The molecule has 0 aliphatic heterocycles. The van der Waals surface area contributed by atoms with Gasteiger partial charge in [0.05, 0.1) is 24.2 Å². The number of aromatic hydroxyl groups is 2. The van der Waals surface area contributed by atoms with E-state index in [0.717, 1.165) is 34.5 Å². The fourth-order valence-electron chi connectivity index (χ4n) is 4.33. The lowest BCUT2D eigenvalue weighted by Crippen LogP contribution is -2.10. The number of benzene rings is 3. The minimum Gasteiger partial charge on any atom is -0.507 e. The molecule has 4 N–H and O–H groups in total. The molecule has 4 heterocycles. The van der Waals surface area contributed by atoms with Crippen LogP contribution in [0.25, 0.3) is 33.1 Å². The van der Waals surface area contributed by atoms with Gasteiger partial charge in [-0.25, -0.2) is 24.7 Å². The molecule has 0 radical (unpaired) electrons. The maximum absolute atomic E-state index is 11.2. The number of carbonyl (C=O) groups is 1. The van der Waals surface area contributed by atoms with Crippen molar-refractivity contribution in [3.8, 4) is 11.5 Å². The highest BCUT2D eigenvalue weighted by molar-refractivity contribution is 7.11. The fraction of sp³-hybridized carbons (Fsp3) is 0.100. The van der Waals surface area contributed by atoms with E-state index < -0.39 is 6.09 Å². The molecule has 0 unspecified atom stereocenters. The van der Waals surface area contributed by atoms with E-state index >= 15 is 0 Å². The van der Waals surface area contributed by atoms with Crippen LogP contribution in [0, 0.1) is 0 Å². The van der Waals surface area contributed by atoms with Gasteiger partial charge in [-0.1, -0.05) is 12.1 Å². The molecule has 48 heavy (non-hydrogen) atoms. The van der Waals surface area contributed by atoms with Crippen molar-refractivity contribution in [1.82, 2.24) is 28.7 Å². The van der Waals surface area contributed by atoms with Crippen molar-refractivity contribution in [1.29, 1.82) is 0 Å². The van der Waals surface area contributed by atoms with Crippen LogP contribution < -0.4 is 10.6 Å². The number of methoxy groups -OCH3 is 1. The molecule has 1 amide bonds. The van der Waals surface area contributed by atoms with Crippen molar-refractivity contribution in [2.24, 2.45) is 20.5 Å². The molecule has 0 aliphatic carbocycles. The average molecular weight is 681 g/mol. The van der Waals surface area contributed by atoms with Gasteiger partial charge >= 0.3 is 6.09 Å². The molecule has 0 atom stereocenters. The summed E-state index contributed by atoms with van der Waals surface area (Å²) < 4.78 is 12.8. The summed E-state index contributed by atoms with van der Waals surface area (Å²) in [7, 11) is 1.23. The van der Waals surface area contributed by atoms with Crippen molar-refractivity contribution in [2.75, 3.05) is 24.3 Å². The van der Waals surface area contributed by atoms with Crippen LogP contribution in [0.5, 0.6) is 11.5 Å². The molecule has 7 rings (SSSR count). The molecule has 0 spiro atoms. The van der Waals surface area contributed by atoms with Gasteiger partial charge in [0.25, 0.3) is 0 Å². The van der Waals surface area contributed by atoms with Crippen molar-refractivity contribution in [2.45, 2.75) is 6.92 Å². The molecular weight excluding hydrogens is 657 g/mol. The smallest absolute Gasteiger partial charge is 0.411 e. The lowest BCUT2D eigenvalue weighted by Gasteiger charge is -2.10. The Morgan fingerprint density at radius 1 is 0.792 bits per heavy atom. The van der Waals surface area contributed by atoms with Gasteiger partial charge in [0, 0.05) is 47.8 Å². The molecule has 16 nitrogen and oxygen atoms in total. The molecular formula is C30H24N12O4S2. The van der Waals surface area contributed by atoms with Crippen molar-refractivity contribution in [3.05, 3.63) is 73.3 Å². The normalized spacial score (nSPS) is 11.3. The number of amides is 1. The van der Waals surface area contributed by atoms with E-state index in [9.17, 15) is 15.0 Å². The molecule has 0 saturated carbocycles. The first kappa shape index (κ1) is 31.7. The average Bonchev–Trinajstić information content (AvgIpc) is 3.73. The number of phenolic OH excluding ortho intramolecular Hbond substituents is 2. The highest BCUT2D eigenvalue weighted by atomic mass is 32.1. The van der Waals surface area contributed by atoms with Crippen LogP contribution in [-0.4, -0.2) is 58.6 Å². The first-order chi connectivity index (χ1) is 23.4. The zero-order valence-corrected chi connectivity index (χ0v) is 26.8. The Bertz CT molecular complexity index is 2310. The number of anilines is 2. The standard InChI is InChI=1S/C17H14N6OS.C13H10N6O3S/c1-2-18-11-5-3-4-10-13(24)7-6-12(14(10)11)21-22-17-15-16(23-25-17)20-9-8-19-15;1-22-13(21)16-8-6-7(2-3-9(8)20)17-18-12-10-11(19-23-12)15-5-4-14-10/h3-9,18,24H,2H2,1H3;2-6,20H,1H3,(H,16,21). The Morgan fingerprint density at radius 3 is 2.10 bits per heavy atom. The summed E-state index contributed by atoms with van der Waals surface area (Å²) in [5.41, 5.74) is 4.42. The largest absolute Gasteiger partial charge is 0.507 e. The maximum Gasteiger partial charge on any atom is 0.411 e. The Balaban J connectivity index is 0.000000168. The highest BCUT2D eigenvalue weighted by Gasteiger charge is 2.12. The quantitative estimate of drug-likeness (QED) is 0.0929. The van der Waals surface area contributed by atoms with Crippen LogP contribution in [0.15, 0.2) is 93.8 Å². The summed E-state index contributed by atoms with van der Waals surface area (Å²) in [6.45, 7) is 2.78. The number of ether oxygens (including phenoxy) is 1. The van der Waals surface area contributed by atoms with Gasteiger partial charge in [0.2, 0.25) is 0 Å². The minimum atomic E-state index is -0.696. The number of aromatic nitrogens is 6. The van der Waals surface area contributed by atoms with Crippen LogP contribution in [0.3, 0.4) is 0 Å². The van der Waals surface area contributed by atoms with Crippen molar-refractivity contribution >= 4 is 95.0 Å². The van der Waals surface area contributed by atoms with E-state index in [0.29, 0.717) is 43.7 Å². The molecule has 3 aromatic carbocycles. The number of carbonyl (C=O) groups excluding carboxylic acids is 1. The van der Waals surface area contributed by atoms with Gasteiger partial charge in [-0.05, 0) is 66.4 Å². The Hall–Kier alpha value is -6.27. The third-order valence-electron chi connectivity index (χ3n) is 6.47. The Kier molecular flexibility index (Phi) is 9.54. The number of phenols is 2. The summed E-state index contributed by atoms with van der Waals surface area (Å²) in [5, 5.41) is 45.1. The number of hydrogen-bond acceptors (Lipinski definition) is 17. The van der Waals surface area contributed by atoms with E-state index in [2.05, 4.69) is 64.5 Å². The molecule has 0 fully saturated rings. The SMILES string of the molecule is CCNc1cccc2c(O)ccc(N=Nc3snc4nccnc34)c12.COC(=O)Nc1cc(N=Nc2snc3nccnc23)ccc1O. The van der Waals surface area contributed by atoms with Crippen molar-refractivity contribution in [3.63, 3.8) is 0 Å². The predicted octanol–water partition coefficient (Wildman–Crippen LogP) is 8.18. The van der Waals surface area contributed by atoms with E-state index in [4.69, 9.17) is 0 Å². The third-order valence-corrected chi connectivity index (χ3v) is 7.89. The molecule has 7 aromatic rings. The van der Waals surface area contributed by atoms with Gasteiger partial charge in [-0.15, -0.1) is 20.5 Å². The predicted molar refractivity (Wildman–Crippen MR) is 183 cm³/mol. The molecule has 4 aromatic heterocycles. The first-order valence-electron chi connectivity index (χ1n) is 14.1. The van der Waals surface area contributed by atoms with Gasteiger partial charge in [0.15, 0.2) is 21.3 Å². The Labute approximate surface area is 279 Å². The number of azo groups is 2. The summed E-state index contributed by atoms with van der Waals surface area (Å²) in [6.07, 6.45) is 5.61. The van der Waals surface area contributed by atoms with Crippen LogP contribution in [0.4, 0.5) is 37.5 Å². The third kappa shape index (κ3) is 6.93. The maximum atomic E-state index is 11.2. The van der Waals surface area contributed by atoms with Crippen LogP contribution in [0.2, 0.25) is 0 Å². The lowest BCUT2D eigenvalue weighted by atomic mass is 10.1. The van der Waals surface area contributed by atoms with Gasteiger partial charge < -0.3 is 20.3 Å². The number of rotatable bonds is 7. The topological polar surface area (TPSA) is 218 Å². The summed E-state index contributed by atoms with van der Waals surface area (Å²) >= 11 is 2.33. The number of nitrogens with one attached hydrogen (secondary N) is 2. The second-order valence-electron chi connectivity index (χ2n) is 9.51. The number of nitrogens with zero attached hydrogens (tertiary/aromatic N) is 10. The first-order valence-corrected chi connectivity index (χ1v) is 15.6. The van der Waals surface area contributed by atoms with Gasteiger partial charge in [-0.3, -0.25) is 5.32 Å². The zero-order valence-electron chi connectivity index (χ0n) is 25.1. The second kappa shape index (κ2) is 14.4. The number of hydrogen-bond donors (Lipinski definition) is 4. The molecule has 0 bridgehead atoms. The molecule has 18 heteroatoms. The van der Waals surface area contributed by atoms with E-state index in [1.54, 1.807) is 43.0 Å². The van der Waals surface area contributed by atoms with E-state index in [1.165, 1.54) is 30.8 Å². The molecule has 0 saturated heterocycles. The van der Waals surface area contributed by atoms with Crippen molar-refractivity contribution < 1.29 is 19.7 Å². The number of fused-ring (bicyclic) bond motifs is 3.